The van der Waals surface area contributed by atoms with Crippen LogP contribution in [0.15, 0.2) is 10.5 Å². The van der Waals surface area contributed by atoms with Gasteiger partial charge in [0, 0.05) is 25.6 Å². The first-order chi connectivity index (χ1) is 8.58. The molecule has 0 radical (unpaired) electrons. The normalized spacial score (nSPS) is 12.4. The number of hydrogen-bond acceptors (Lipinski definition) is 4. The second kappa shape index (κ2) is 7.18. The molecule has 2 N–H and O–H groups in total. The van der Waals surface area contributed by atoms with Gasteiger partial charge in [0.1, 0.15) is 5.76 Å². The summed E-state index contributed by atoms with van der Waals surface area (Å²) in [6.45, 7) is 4.49. The van der Waals surface area contributed by atoms with Crippen molar-refractivity contribution in [1.82, 2.24) is 5.32 Å². The molecule has 1 unspecified atom stereocenters. The number of carbonyl (C=O) groups is 1. The Morgan fingerprint density at radius 3 is 2.89 bits per heavy atom. The van der Waals surface area contributed by atoms with E-state index < -0.39 is 6.10 Å². The number of carbonyl (C=O) groups excluding carboxylic acids is 1. The molecule has 1 rings (SSSR count). The van der Waals surface area contributed by atoms with Gasteiger partial charge in [-0.2, -0.15) is 0 Å². The second-order valence-electron chi connectivity index (χ2n) is 4.23. The SMILES string of the molecule is CCc1cc(C)c(C(=O)NCCC(O)COC)o1. The molecule has 0 fully saturated rings. The van der Waals surface area contributed by atoms with Crippen molar-refractivity contribution in [2.24, 2.45) is 0 Å². The van der Waals surface area contributed by atoms with E-state index >= 15 is 0 Å². The topological polar surface area (TPSA) is 71.7 Å². The molecule has 1 amide bonds. The van der Waals surface area contributed by atoms with Gasteiger partial charge in [0.25, 0.3) is 5.91 Å². The lowest BCUT2D eigenvalue weighted by atomic mass is 10.2. The van der Waals surface area contributed by atoms with Gasteiger partial charge >= 0.3 is 0 Å². The molecule has 1 heterocycles. The number of nitrogens with one attached hydrogen (secondary N) is 1. The third-order valence-electron chi connectivity index (χ3n) is 2.65. The lowest BCUT2D eigenvalue weighted by molar-refractivity contribution is 0.0586. The zero-order valence-electron chi connectivity index (χ0n) is 11.2. The number of furan rings is 1. The zero-order chi connectivity index (χ0) is 13.5. The molecular weight excluding hydrogens is 234 g/mol. The lowest BCUT2D eigenvalue weighted by Crippen LogP contribution is -2.28. The van der Waals surface area contributed by atoms with Gasteiger partial charge in [-0.05, 0) is 19.4 Å². The number of aryl methyl sites for hydroxylation is 2. The van der Waals surface area contributed by atoms with Gasteiger partial charge in [-0.3, -0.25) is 4.79 Å². The molecule has 1 aromatic rings. The first-order valence-electron chi connectivity index (χ1n) is 6.13. The first-order valence-corrected chi connectivity index (χ1v) is 6.13. The van der Waals surface area contributed by atoms with Crippen molar-refractivity contribution in [3.8, 4) is 0 Å². The molecule has 0 aromatic carbocycles. The van der Waals surface area contributed by atoms with Crippen molar-refractivity contribution in [2.45, 2.75) is 32.8 Å². The average molecular weight is 255 g/mol. The minimum atomic E-state index is -0.556. The van der Waals surface area contributed by atoms with Crippen LogP contribution < -0.4 is 5.32 Å². The van der Waals surface area contributed by atoms with E-state index in [1.807, 2.05) is 19.9 Å². The summed E-state index contributed by atoms with van der Waals surface area (Å²) in [6.07, 6.45) is 0.667. The van der Waals surface area contributed by atoms with E-state index in [1.54, 1.807) is 0 Å². The first kappa shape index (κ1) is 14.7. The second-order valence-corrected chi connectivity index (χ2v) is 4.23. The summed E-state index contributed by atoms with van der Waals surface area (Å²) >= 11 is 0. The molecule has 0 saturated carbocycles. The molecule has 0 aliphatic rings. The molecule has 0 saturated heterocycles. The summed E-state index contributed by atoms with van der Waals surface area (Å²) in [6, 6.07) is 1.87. The highest BCUT2D eigenvalue weighted by molar-refractivity contribution is 5.92. The Hall–Kier alpha value is -1.33. The summed E-state index contributed by atoms with van der Waals surface area (Å²) in [5.41, 5.74) is 0.835. The number of aliphatic hydroxyl groups excluding tert-OH is 1. The fourth-order valence-corrected chi connectivity index (χ4v) is 1.66. The van der Waals surface area contributed by atoms with E-state index in [1.165, 1.54) is 7.11 Å². The number of rotatable bonds is 7. The molecule has 5 heteroatoms. The summed E-state index contributed by atoms with van der Waals surface area (Å²) < 4.78 is 10.2. The average Bonchev–Trinajstić information content (AvgIpc) is 2.71. The van der Waals surface area contributed by atoms with Crippen LogP contribution in [0.3, 0.4) is 0 Å². The summed E-state index contributed by atoms with van der Waals surface area (Å²) in [7, 11) is 1.53. The Kier molecular flexibility index (Phi) is 5.88. The Morgan fingerprint density at radius 1 is 1.61 bits per heavy atom. The number of amides is 1. The van der Waals surface area contributed by atoms with Gasteiger partial charge in [-0.15, -0.1) is 0 Å². The van der Waals surface area contributed by atoms with Gasteiger partial charge in [0.05, 0.1) is 12.7 Å². The molecule has 102 valence electrons. The Labute approximate surface area is 107 Å². The number of ether oxygens (including phenoxy) is 1. The van der Waals surface area contributed by atoms with Crippen LogP contribution in [-0.4, -0.2) is 37.4 Å². The summed E-state index contributed by atoms with van der Waals surface area (Å²) in [4.78, 5) is 11.8. The van der Waals surface area contributed by atoms with E-state index in [0.29, 0.717) is 18.7 Å². The zero-order valence-corrected chi connectivity index (χ0v) is 11.2. The van der Waals surface area contributed by atoms with E-state index in [-0.39, 0.29) is 12.5 Å². The van der Waals surface area contributed by atoms with Crippen LogP contribution in [0.1, 0.15) is 35.2 Å². The van der Waals surface area contributed by atoms with Crippen molar-refractivity contribution in [3.05, 3.63) is 23.2 Å². The maximum Gasteiger partial charge on any atom is 0.287 e. The quantitative estimate of drug-likeness (QED) is 0.770. The minimum Gasteiger partial charge on any atom is -0.456 e. The van der Waals surface area contributed by atoms with Crippen LogP contribution in [0.5, 0.6) is 0 Å². The van der Waals surface area contributed by atoms with E-state index in [4.69, 9.17) is 9.15 Å². The maximum atomic E-state index is 11.8. The van der Waals surface area contributed by atoms with Crippen LogP contribution in [-0.2, 0) is 11.2 Å². The van der Waals surface area contributed by atoms with Gasteiger partial charge in [-0.25, -0.2) is 0 Å². The van der Waals surface area contributed by atoms with Crippen LogP contribution in [0, 0.1) is 6.92 Å². The van der Waals surface area contributed by atoms with Crippen molar-refractivity contribution in [2.75, 3.05) is 20.3 Å². The highest BCUT2D eigenvalue weighted by Gasteiger charge is 2.15. The lowest BCUT2D eigenvalue weighted by Gasteiger charge is -2.09. The highest BCUT2D eigenvalue weighted by Crippen LogP contribution is 2.14. The van der Waals surface area contributed by atoms with Crippen LogP contribution in [0.25, 0.3) is 0 Å². The van der Waals surface area contributed by atoms with E-state index in [2.05, 4.69) is 5.32 Å². The van der Waals surface area contributed by atoms with Gasteiger partial charge in [-0.1, -0.05) is 6.92 Å². The Bertz CT molecular complexity index is 386. The fourth-order valence-electron chi connectivity index (χ4n) is 1.66. The smallest absolute Gasteiger partial charge is 0.287 e. The summed E-state index contributed by atoms with van der Waals surface area (Å²) in [5, 5.41) is 12.1. The van der Waals surface area contributed by atoms with Crippen molar-refractivity contribution >= 4 is 5.91 Å². The summed E-state index contributed by atoms with van der Waals surface area (Å²) in [5.74, 6) is 0.918. The molecule has 0 aliphatic heterocycles. The van der Waals surface area contributed by atoms with E-state index in [9.17, 15) is 9.90 Å². The molecule has 18 heavy (non-hydrogen) atoms. The third-order valence-corrected chi connectivity index (χ3v) is 2.65. The monoisotopic (exact) mass is 255 g/mol. The number of methoxy groups -OCH3 is 1. The van der Waals surface area contributed by atoms with Gasteiger partial charge in [0.2, 0.25) is 0 Å². The van der Waals surface area contributed by atoms with Gasteiger partial charge < -0.3 is 19.6 Å². The Balaban J connectivity index is 2.43. The standard InChI is InChI=1S/C13H21NO4/c1-4-11-7-9(2)12(18-11)13(16)14-6-5-10(15)8-17-3/h7,10,15H,4-6,8H2,1-3H3,(H,14,16). The molecule has 0 bridgehead atoms. The van der Waals surface area contributed by atoms with Gasteiger partial charge in [0.15, 0.2) is 5.76 Å². The third kappa shape index (κ3) is 4.16. The van der Waals surface area contributed by atoms with E-state index in [0.717, 1.165) is 17.7 Å². The molecule has 1 aromatic heterocycles. The fraction of sp³-hybridized carbons (Fsp3) is 0.615. The maximum absolute atomic E-state index is 11.8. The van der Waals surface area contributed by atoms with Crippen molar-refractivity contribution in [1.29, 1.82) is 0 Å². The minimum absolute atomic E-state index is 0.239. The predicted molar refractivity (Wildman–Crippen MR) is 67.7 cm³/mol. The predicted octanol–water partition coefficient (Wildman–Crippen LogP) is 1.28. The highest BCUT2D eigenvalue weighted by atomic mass is 16.5. The molecule has 1 atom stereocenters. The Morgan fingerprint density at radius 2 is 2.33 bits per heavy atom. The van der Waals surface area contributed by atoms with Crippen LogP contribution >= 0.6 is 0 Å². The van der Waals surface area contributed by atoms with Crippen LogP contribution in [0.2, 0.25) is 0 Å². The van der Waals surface area contributed by atoms with Crippen LogP contribution in [0.4, 0.5) is 0 Å². The molecule has 0 spiro atoms. The molecule has 0 aliphatic carbocycles. The number of aliphatic hydroxyl groups is 1. The largest absolute Gasteiger partial charge is 0.456 e. The van der Waals surface area contributed by atoms with Crippen molar-refractivity contribution in [3.63, 3.8) is 0 Å². The molecular formula is C13H21NO4. The van der Waals surface area contributed by atoms with Crippen molar-refractivity contribution < 1.29 is 19.1 Å². The number of hydrogen-bond donors (Lipinski definition) is 2. The molecule has 5 nitrogen and oxygen atoms in total.